The van der Waals surface area contributed by atoms with Crippen LogP contribution in [0.4, 0.5) is 11.4 Å². The lowest BCUT2D eigenvalue weighted by Crippen LogP contribution is -2.49. The molecule has 4 aliphatic heterocycles. The summed E-state index contributed by atoms with van der Waals surface area (Å²) in [5.41, 5.74) is 14.1. The van der Waals surface area contributed by atoms with Crippen molar-refractivity contribution in [3.05, 3.63) is 118 Å². The molecular weight excluding hydrogens is 566 g/mol. The maximum absolute atomic E-state index is 12.6. The summed E-state index contributed by atoms with van der Waals surface area (Å²) in [7, 11) is 3.31. The molecule has 8 rings (SSSR count). The Morgan fingerprint density at radius 2 is 1.20 bits per heavy atom. The van der Waals surface area contributed by atoms with Crippen LogP contribution >= 0.6 is 0 Å². The Labute approximate surface area is 262 Å². The van der Waals surface area contributed by atoms with E-state index in [2.05, 4.69) is 26.5 Å². The lowest BCUT2D eigenvalue weighted by atomic mass is 9.90. The van der Waals surface area contributed by atoms with Gasteiger partial charge in [-0.2, -0.15) is 0 Å². The zero-order valence-electron chi connectivity index (χ0n) is 25.5. The normalized spacial score (nSPS) is 20.9. The first-order valence-electron chi connectivity index (χ1n) is 15.4. The molecule has 3 atom stereocenters. The van der Waals surface area contributed by atoms with E-state index in [0.717, 1.165) is 77.5 Å². The van der Waals surface area contributed by atoms with Crippen molar-refractivity contribution in [2.45, 2.75) is 37.6 Å². The van der Waals surface area contributed by atoms with E-state index >= 15 is 0 Å². The van der Waals surface area contributed by atoms with Gasteiger partial charge in [-0.05, 0) is 54.7 Å². The summed E-state index contributed by atoms with van der Waals surface area (Å²) in [5, 5.41) is 6.24. The maximum atomic E-state index is 12.6. The van der Waals surface area contributed by atoms with Gasteiger partial charge in [-0.25, -0.2) is 0 Å². The standard InChI is InChI=1S/C18H19N3O2.C18H18N2O2/c1-23-15-8-3-2-5-12(15)17-20-18(22)13-7-4-6-11-14(19)9-10-21(17)16(11)13;1-22-15-10-3-2-8-13(15)17-19-18(21)14-9-4-6-12-7-5-11-20(17)16(12)14/h2-8,14,17H,9-10,19H2,1H3,(H,20,22);2-4,6,8-10,17H,5,7,11H2,1H3,(H,19,21)/t14-,17+;17-/m00/s1. The average Bonchev–Trinajstić information content (AvgIpc) is 3.09. The molecule has 2 amide bonds. The molecular formula is C36H37N5O4. The molecule has 4 N–H and O–H groups in total. The van der Waals surface area contributed by atoms with Crippen molar-refractivity contribution in [1.82, 2.24) is 10.6 Å². The number of hydrogen-bond donors (Lipinski definition) is 3. The van der Waals surface area contributed by atoms with Crippen LogP contribution in [0.1, 0.15) is 74.2 Å². The molecule has 4 aromatic rings. The number of aryl methyl sites for hydroxylation is 1. The minimum Gasteiger partial charge on any atom is -0.496 e. The van der Waals surface area contributed by atoms with Crippen LogP contribution in [-0.4, -0.2) is 39.1 Å². The van der Waals surface area contributed by atoms with E-state index in [1.807, 2.05) is 78.9 Å². The highest BCUT2D eigenvalue weighted by molar-refractivity contribution is 6.04. The summed E-state index contributed by atoms with van der Waals surface area (Å²) >= 11 is 0. The summed E-state index contributed by atoms with van der Waals surface area (Å²) < 4.78 is 11.0. The van der Waals surface area contributed by atoms with Crippen LogP contribution in [0, 0.1) is 0 Å². The largest absolute Gasteiger partial charge is 0.496 e. The van der Waals surface area contributed by atoms with Gasteiger partial charge in [0.25, 0.3) is 11.8 Å². The first-order chi connectivity index (χ1) is 22.0. The second kappa shape index (κ2) is 11.8. The zero-order valence-corrected chi connectivity index (χ0v) is 25.5. The number of carbonyl (C=O) groups excluding carboxylic acids is 2. The van der Waals surface area contributed by atoms with Crippen LogP contribution in [0.15, 0.2) is 84.9 Å². The monoisotopic (exact) mass is 603 g/mol. The number of carbonyl (C=O) groups is 2. The third kappa shape index (κ3) is 4.93. The number of para-hydroxylation sites is 4. The minimum atomic E-state index is -0.236. The fraction of sp³-hybridized carbons (Fsp3) is 0.278. The average molecular weight is 604 g/mol. The van der Waals surface area contributed by atoms with Gasteiger partial charge in [0.1, 0.15) is 23.8 Å². The molecule has 0 aromatic heterocycles. The van der Waals surface area contributed by atoms with Gasteiger partial charge in [-0.1, -0.05) is 60.7 Å². The Bertz CT molecular complexity index is 1770. The lowest BCUT2D eigenvalue weighted by molar-refractivity contribution is 0.0916. The van der Waals surface area contributed by atoms with Crippen molar-refractivity contribution in [3.63, 3.8) is 0 Å². The second-order valence-corrected chi connectivity index (χ2v) is 11.7. The molecule has 4 aliphatic rings. The smallest absolute Gasteiger partial charge is 0.255 e. The molecule has 0 spiro atoms. The molecule has 4 aromatic carbocycles. The molecule has 0 radical (unpaired) electrons. The van der Waals surface area contributed by atoms with Crippen molar-refractivity contribution in [3.8, 4) is 11.5 Å². The third-order valence-corrected chi connectivity index (χ3v) is 9.20. The molecule has 0 unspecified atom stereocenters. The van der Waals surface area contributed by atoms with Gasteiger partial charge in [-0.3, -0.25) is 9.59 Å². The number of amides is 2. The van der Waals surface area contributed by atoms with E-state index in [-0.39, 0.29) is 30.2 Å². The molecule has 9 nitrogen and oxygen atoms in total. The third-order valence-electron chi connectivity index (χ3n) is 9.20. The lowest BCUT2D eigenvalue weighted by Gasteiger charge is -2.44. The van der Waals surface area contributed by atoms with Crippen molar-refractivity contribution in [2.24, 2.45) is 5.73 Å². The summed E-state index contributed by atoms with van der Waals surface area (Å²) in [6, 6.07) is 27.5. The van der Waals surface area contributed by atoms with E-state index in [1.54, 1.807) is 14.2 Å². The summed E-state index contributed by atoms with van der Waals surface area (Å²) in [6.45, 7) is 1.74. The van der Waals surface area contributed by atoms with Gasteiger partial charge in [0.15, 0.2) is 0 Å². The first-order valence-corrected chi connectivity index (χ1v) is 15.4. The number of ether oxygens (including phenoxy) is 2. The van der Waals surface area contributed by atoms with Crippen molar-refractivity contribution in [2.75, 3.05) is 37.1 Å². The maximum Gasteiger partial charge on any atom is 0.255 e. The summed E-state index contributed by atoms with van der Waals surface area (Å²) in [5.74, 6) is 1.50. The number of nitrogens with zero attached hydrogens (tertiary/aromatic N) is 2. The quantitative estimate of drug-likeness (QED) is 0.293. The summed E-state index contributed by atoms with van der Waals surface area (Å²) in [4.78, 5) is 29.7. The topological polar surface area (TPSA) is 109 Å². The predicted molar refractivity (Wildman–Crippen MR) is 174 cm³/mol. The molecule has 230 valence electrons. The Balaban J connectivity index is 0.000000145. The van der Waals surface area contributed by atoms with Crippen LogP contribution in [-0.2, 0) is 6.42 Å². The fourth-order valence-electron chi connectivity index (χ4n) is 7.13. The van der Waals surface area contributed by atoms with E-state index in [1.165, 1.54) is 5.56 Å². The molecule has 0 saturated carbocycles. The molecule has 0 bridgehead atoms. The number of hydrogen-bond acceptors (Lipinski definition) is 7. The molecule has 0 saturated heterocycles. The number of anilines is 2. The second-order valence-electron chi connectivity index (χ2n) is 11.7. The van der Waals surface area contributed by atoms with Crippen LogP contribution in [0.2, 0.25) is 0 Å². The fourth-order valence-corrected chi connectivity index (χ4v) is 7.13. The Morgan fingerprint density at radius 3 is 1.82 bits per heavy atom. The van der Waals surface area contributed by atoms with Gasteiger partial charge in [0.2, 0.25) is 0 Å². The van der Waals surface area contributed by atoms with Crippen molar-refractivity contribution >= 4 is 23.2 Å². The van der Waals surface area contributed by atoms with E-state index in [0.29, 0.717) is 5.56 Å². The SMILES string of the molecule is COc1ccccc1[C@@H]1NC(=O)c2cccc3c2N1CC[C@@H]3N.COc1ccccc1[C@H]1NC(=O)c2cccc3c2N1CCC3. The van der Waals surface area contributed by atoms with Gasteiger partial charge < -0.3 is 35.6 Å². The van der Waals surface area contributed by atoms with E-state index in [9.17, 15) is 9.59 Å². The van der Waals surface area contributed by atoms with E-state index in [4.69, 9.17) is 15.2 Å². The van der Waals surface area contributed by atoms with Crippen LogP contribution in [0.3, 0.4) is 0 Å². The number of rotatable bonds is 4. The highest BCUT2D eigenvalue weighted by atomic mass is 16.5. The Kier molecular flexibility index (Phi) is 7.55. The molecule has 0 fully saturated rings. The molecule has 45 heavy (non-hydrogen) atoms. The van der Waals surface area contributed by atoms with Gasteiger partial charge in [0, 0.05) is 30.3 Å². The zero-order chi connectivity index (χ0) is 31.1. The van der Waals surface area contributed by atoms with Crippen molar-refractivity contribution in [1.29, 1.82) is 0 Å². The minimum absolute atomic E-state index is 0.00842. The van der Waals surface area contributed by atoms with Gasteiger partial charge in [0.05, 0.1) is 36.7 Å². The van der Waals surface area contributed by atoms with Crippen LogP contribution < -0.4 is 35.6 Å². The number of benzene rings is 4. The Hall–Kier alpha value is -5.02. The molecule has 9 heteroatoms. The van der Waals surface area contributed by atoms with Crippen LogP contribution in [0.25, 0.3) is 0 Å². The van der Waals surface area contributed by atoms with Crippen molar-refractivity contribution < 1.29 is 19.1 Å². The number of nitrogens with two attached hydrogens (primary N) is 1. The molecule has 0 aliphatic carbocycles. The first kappa shape index (κ1) is 28.7. The van der Waals surface area contributed by atoms with Gasteiger partial charge >= 0.3 is 0 Å². The molecule has 4 heterocycles. The highest BCUT2D eigenvalue weighted by Crippen LogP contribution is 2.44. The number of nitrogens with one attached hydrogen (secondary N) is 2. The van der Waals surface area contributed by atoms with Gasteiger partial charge in [-0.15, -0.1) is 0 Å². The van der Waals surface area contributed by atoms with E-state index < -0.39 is 0 Å². The summed E-state index contributed by atoms with van der Waals surface area (Å²) in [6.07, 6.45) is 2.58. The Morgan fingerprint density at radius 1 is 0.667 bits per heavy atom. The highest BCUT2D eigenvalue weighted by Gasteiger charge is 2.38. The number of methoxy groups -OCH3 is 2. The van der Waals surface area contributed by atoms with Crippen LogP contribution in [0.5, 0.6) is 11.5 Å². The predicted octanol–water partition coefficient (Wildman–Crippen LogP) is 5.24.